The third-order valence-corrected chi connectivity index (χ3v) is 3.24. The van der Waals surface area contributed by atoms with Crippen LogP contribution in [0.2, 0.25) is 0 Å². The Morgan fingerprint density at radius 3 is 2.73 bits per heavy atom. The summed E-state index contributed by atoms with van der Waals surface area (Å²) in [6.07, 6.45) is 0. The molecule has 1 aliphatic heterocycles. The van der Waals surface area contributed by atoms with E-state index < -0.39 is 0 Å². The quantitative estimate of drug-likeness (QED) is 0.911. The van der Waals surface area contributed by atoms with Crippen LogP contribution in [-0.2, 0) is 4.79 Å². The highest BCUT2D eigenvalue weighted by Gasteiger charge is 2.22. The van der Waals surface area contributed by atoms with E-state index in [1.54, 1.807) is 49.6 Å². The number of rotatable bonds is 3. The second-order valence-electron chi connectivity index (χ2n) is 4.70. The highest BCUT2D eigenvalue weighted by atomic mass is 16.5. The lowest BCUT2D eigenvalue weighted by Gasteiger charge is -2.20. The van der Waals surface area contributed by atoms with Crippen molar-refractivity contribution in [2.75, 3.05) is 24.4 Å². The molecule has 0 aliphatic carbocycles. The summed E-state index contributed by atoms with van der Waals surface area (Å²) in [4.78, 5) is 23.8. The predicted octanol–water partition coefficient (Wildman–Crippen LogP) is 2.28. The van der Waals surface area contributed by atoms with Gasteiger partial charge in [-0.1, -0.05) is 6.07 Å². The van der Waals surface area contributed by atoms with Gasteiger partial charge in [-0.15, -0.1) is 0 Å². The topological polar surface area (TPSA) is 76.7 Å². The summed E-state index contributed by atoms with van der Waals surface area (Å²) in [7, 11) is 1.58. The zero-order valence-corrected chi connectivity index (χ0v) is 11.9. The van der Waals surface area contributed by atoms with Crippen molar-refractivity contribution in [1.82, 2.24) is 0 Å². The molecule has 2 N–H and O–H groups in total. The molecule has 0 aromatic heterocycles. The van der Waals surface area contributed by atoms with E-state index in [0.717, 1.165) is 0 Å². The first-order valence-electron chi connectivity index (χ1n) is 6.68. The third kappa shape index (κ3) is 2.71. The van der Waals surface area contributed by atoms with Gasteiger partial charge < -0.3 is 20.1 Å². The SMILES string of the molecule is COc1ccc(NC(=O)c2cccc3c2NC(=O)CO3)cc1. The summed E-state index contributed by atoms with van der Waals surface area (Å²) in [6.45, 7) is -0.0451. The van der Waals surface area contributed by atoms with Crippen LogP contribution in [0.1, 0.15) is 10.4 Å². The Balaban J connectivity index is 1.84. The maximum absolute atomic E-state index is 12.4. The molecule has 1 heterocycles. The van der Waals surface area contributed by atoms with Crippen LogP contribution in [0.25, 0.3) is 0 Å². The minimum Gasteiger partial charge on any atom is -0.497 e. The van der Waals surface area contributed by atoms with Gasteiger partial charge in [-0.05, 0) is 36.4 Å². The van der Waals surface area contributed by atoms with Gasteiger partial charge in [0.2, 0.25) is 0 Å². The summed E-state index contributed by atoms with van der Waals surface area (Å²) < 4.78 is 10.4. The zero-order valence-electron chi connectivity index (χ0n) is 11.9. The number of hydrogen-bond donors (Lipinski definition) is 2. The van der Waals surface area contributed by atoms with E-state index in [1.807, 2.05) is 0 Å². The van der Waals surface area contributed by atoms with Gasteiger partial charge in [0.05, 0.1) is 18.4 Å². The molecule has 22 heavy (non-hydrogen) atoms. The van der Waals surface area contributed by atoms with Gasteiger partial charge in [-0.2, -0.15) is 0 Å². The maximum atomic E-state index is 12.4. The van der Waals surface area contributed by atoms with Crippen LogP contribution < -0.4 is 20.1 Å². The molecule has 0 saturated heterocycles. The molecule has 0 atom stereocenters. The number of ether oxygens (including phenoxy) is 2. The molecular formula is C16H14N2O4. The van der Waals surface area contributed by atoms with Crippen LogP contribution in [0.4, 0.5) is 11.4 Å². The Bertz CT molecular complexity index is 725. The van der Waals surface area contributed by atoms with Gasteiger partial charge in [0.15, 0.2) is 6.61 Å². The standard InChI is InChI=1S/C16H14N2O4/c1-21-11-7-5-10(6-8-11)17-16(20)12-3-2-4-13-15(12)18-14(19)9-22-13/h2-8H,9H2,1H3,(H,17,20)(H,18,19). The molecule has 2 amide bonds. The fraction of sp³-hybridized carbons (Fsp3) is 0.125. The van der Waals surface area contributed by atoms with Gasteiger partial charge in [0, 0.05) is 5.69 Å². The largest absolute Gasteiger partial charge is 0.497 e. The minimum absolute atomic E-state index is 0.0451. The number of fused-ring (bicyclic) bond motifs is 1. The first kappa shape index (κ1) is 13.9. The molecule has 6 heteroatoms. The number of carbonyl (C=O) groups is 2. The fourth-order valence-corrected chi connectivity index (χ4v) is 2.16. The lowest BCUT2D eigenvalue weighted by atomic mass is 10.1. The van der Waals surface area contributed by atoms with Gasteiger partial charge in [0.25, 0.3) is 11.8 Å². The first-order chi connectivity index (χ1) is 10.7. The Labute approximate surface area is 127 Å². The Hall–Kier alpha value is -3.02. The van der Waals surface area contributed by atoms with Gasteiger partial charge in [-0.3, -0.25) is 9.59 Å². The summed E-state index contributed by atoms with van der Waals surface area (Å²) >= 11 is 0. The second-order valence-corrected chi connectivity index (χ2v) is 4.70. The normalized spacial score (nSPS) is 12.7. The van der Waals surface area contributed by atoms with Crippen molar-refractivity contribution in [2.24, 2.45) is 0 Å². The summed E-state index contributed by atoms with van der Waals surface area (Å²) in [5.74, 6) is 0.586. The highest BCUT2D eigenvalue weighted by Crippen LogP contribution is 2.31. The number of nitrogens with one attached hydrogen (secondary N) is 2. The molecule has 0 unspecified atom stereocenters. The van der Waals surface area contributed by atoms with E-state index in [-0.39, 0.29) is 18.4 Å². The van der Waals surface area contributed by atoms with E-state index in [9.17, 15) is 9.59 Å². The lowest BCUT2D eigenvalue weighted by molar-refractivity contribution is -0.118. The molecule has 112 valence electrons. The summed E-state index contributed by atoms with van der Waals surface area (Å²) in [5, 5.41) is 5.44. The molecule has 0 bridgehead atoms. The number of para-hydroxylation sites is 1. The van der Waals surface area contributed by atoms with Gasteiger partial charge in [0.1, 0.15) is 11.5 Å². The molecule has 2 aromatic carbocycles. The number of hydrogen-bond acceptors (Lipinski definition) is 4. The number of benzene rings is 2. The van der Waals surface area contributed by atoms with E-state index >= 15 is 0 Å². The molecule has 6 nitrogen and oxygen atoms in total. The third-order valence-electron chi connectivity index (χ3n) is 3.24. The average molecular weight is 298 g/mol. The smallest absolute Gasteiger partial charge is 0.262 e. The van der Waals surface area contributed by atoms with E-state index in [1.165, 1.54) is 0 Å². The van der Waals surface area contributed by atoms with E-state index in [4.69, 9.17) is 9.47 Å². The van der Waals surface area contributed by atoms with Crippen molar-refractivity contribution in [2.45, 2.75) is 0 Å². The number of amides is 2. The van der Waals surface area contributed by atoms with Gasteiger partial charge >= 0.3 is 0 Å². The van der Waals surface area contributed by atoms with Crippen molar-refractivity contribution in [3.63, 3.8) is 0 Å². The fourth-order valence-electron chi connectivity index (χ4n) is 2.16. The Kier molecular flexibility index (Phi) is 3.65. The molecule has 0 saturated carbocycles. The number of carbonyl (C=O) groups excluding carboxylic acids is 2. The van der Waals surface area contributed by atoms with Crippen molar-refractivity contribution < 1.29 is 19.1 Å². The van der Waals surface area contributed by atoms with Crippen LogP contribution in [-0.4, -0.2) is 25.5 Å². The van der Waals surface area contributed by atoms with Crippen molar-refractivity contribution in [3.8, 4) is 11.5 Å². The monoisotopic (exact) mass is 298 g/mol. The minimum atomic E-state index is -0.326. The van der Waals surface area contributed by atoms with Gasteiger partial charge in [-0.25, -0.2) is 0 Å². The first-order valence-corrected chi connectivity index (χ1v) is 6.68. The number of anilines is 2. The van der Waals surface area contributed by atoms with E-state index in [2.05, 4.69) is 10.6 Å². The molecular weight excluding hydrogens is 284 g/mol. The molecule has 0 fully saturated rings. The lowest BCUT2D eigenvalue weighted by Crippen LogP contribution is -2.27. The number of methoxy groups -OCH3 is 1. The molecule has 3 rings (SSSR count). The second kappa shape index (κ2) is 5.77. The molecule has 0 spiro atoms. The predicted molar refractivity (Wildman–Crippen MR) is 81.5 cm³/mol. The molecule has 0 radical (unpaired) electrons. The Morgan fingerprint density at radius 2 is 2.00 bits per heavy atom. The summed E-state index contributed by atoms with van der Waals surface area (Å²) in [5.41, 5.74) is 1.37. The van der Waals surface area contributed by atoms with Crippen LogP contribution in [0.3, 0.4) is 0 Å². The van der Waals surface area contributed by atoms with Crippen molar-refractivity contribution in [3.05, 3.63) is 48.0 Å². The average Bonchev–Trinajstić information content (AvgIpc) is 2.55. The van der Waals surface area contributed by atoms with Crippen molar-refractivity contribution >= 4 is 23.2 Å². The van der Waals surface area contributed by atoms with E-state index in [0.29, 0.717) is 28.4 Å². The molecule has 1 aliphatic rings. The van der Waals surface area contributed by atoms with Crippen LogP contribution in [0.15, 0.2) is 42.5 Å². The van der Waals surface area contributed by atoms with Crippen LogP contribution in [0.5, 0.6) is 11.5 Å². The molecule has 2 aromatic rings. The van der Waals surface area contributed by atoms with Crippen molar-refractivity contribution in [1.29, 1.82) is 0 Å². The van der Waals surface area contributed by atoms with Crippen LogP contribution in [0, 0.1) is 0 Å². The Morgan fingerprint density at radius 1 is 1.23 bits per heavy atom. The summed E-state index contributed by atoms with van der Waals surface area (Å²) in [6, 6.07) is 12.0. The highest BCUT2D eigenvalue weighted by molar-refractivity contribution is 6.11. The maximum Gasteiger partial charge on any atom is 0.262 e. The van der Waals surface area contributed by atoms with Crippen LogP contribution >= 0.6 is 0 Å². The zero-order chi connectivity index (χ0) is 15.5.